The Hall–Kier alpha value is -4.22. The van der Waals surface area contributed by atoms with Crippen LogP contribution in [-0.2, 0) is 4.79 Å². The third-order valence-corrected chi connectivity index (χ3v) is 5.39. The van der Waals surface area contributed by atoms with Gasteiger partial charge in [0.15, 0.2) is 0 Å². The summed E-state index contributed by atoms with van der Waals surface area (Å²) < 4.78 is 14.7. The van der Waals surface area contributed by atoms with Gasteiger partial charge in [-0.1, -0.05) is 23.7 Å². The molecule has 0 unspecified atom stereocenters. The quantitative estimate of drug-likeness (QED) is 0.485. The number of halogens is 2. The summed E-state index contributed by atoms with van der Waals surface area (Å²) in [7, 11) is 0. The maximum atomic E-state index is 14.7. The Labute approximate surface area is 193 Å². The minimum atomic E-state index is -1.32. The lowest BCUT2D eigenvalue weighted by molar-refractivity contribution is -0.106. The van der Waals surface area contributed by atoms with Crippen molar-refractivity contribution in [1.82, 2.24) is 0 Å². The molecule has 33 heavy (non-hydrogen) atoms. The third kappa shape index (κ3) is 4.54. The second-order valence-corrected chi connectivity index (χ2v) is 7.48. The van der Waals surface area contributed by atoms with Gasteiger partial charge in [-0.3, -0.25) is 14.5 Å². The van der Waals surface area contributed by atoms with E-state index in [1.54, 1.807) is 32.0 Å². The molecule has 0 heterocycles. The Morgan fingerprint density at radius 2 is 1.85 bits per heavy atom. The van der Waals surface area contributed by atoms with E-state index in [0.29, 0.717) is 17.5 Å². The highest BCUT2D eigenvalue weighted by Gasteiger charge is 2.23. The standard InChI is InChI=1S/C24H17ClFN3O4/c1-13-4-3-5-17(25)21(13)23(31)28-22-14(2)16(11-27)7-9-20(22)29(12-30)19-8-6-15(24(32)33)10-18(19)26/h3-10,12H,1-2H3,(H,28,31)(H,32,33). The van der Waals surface area contributed by atoms with E-state index in [9.17, 15) is 24.0 Å². The molecule has 0 saturated carbocycles. The van der Waals surface area contributed by atoms with Gasteiger partial charge in [0.25, 0.3) is 5.91 Å². The molecule has 0 aromatic heterocycles. The number of amides is 2. The summed E-state index contributed by atoms with van der Waals surface area (Å²) in [6, 6.07) is 12.9. The largest absolute Gasteiger partial charge is 0.478 e. The molecule has 0 aliphatic rings. The molecular weight excluding hydrogens is 449 g/mol. The highest BCUT2D eigenvalue weighted by atomic mass is 35.5. The Kier molecular flexibility index (Phi) is 6.75. The predicted octanol–water partition coefficient (Wildman–Crippen LogP) is 5.21. The van der Waals surface area contributed by atoms with Crippen molar-refractivity contribution in [2.24, 2.45) is 0 Å². The topological polar surface area (TPSA) is 110 Å². The van der Waals surface area contributed by atoms with Gasteiger partial charge in [0.1, 0.15) is 5.82 Å². The van der Waals surface area contributed by atoms with E-state index in [2.05, 4.69) is 5.32 Å². The van der Waals surface area contributed by atoms with E-state index in [1.807, 2.05) is 6.07 Å². The van der Waals surface area contributed by atoms with Crippen LogP contribution in [0.25, 0.3) is 0 Å². The van der Waals surface area contributed by atoms with Gasteiger partial charge in [-0.2, -0.15) is 5.26 Å². The van der Waals surface area contributed by atoms with Crippen molar-refractivity contribution >= 4 is 46.9 Å². The first-order valence-electron chi connectivity index (χ1n) is 9.57. The lowest BCUT2D eigenvalue weighted by Crippen LogP contribution is -2.21. The molecule has 0 aliphatic heterocycles. The molecule has 0 atom stereocenters. The number of hydrogen-bond acceptors (Lipinski definition) is 4. The van der Waals surface area contributed by atoms with E-state index in [0.717, 1.165) is 23.1 Å². The van der Waals surface area contributed by atoms with Crippen LogP contribution in [0.5, 0.6) is 0 Å². The molecule has 0 radical (unpaired) electrons. The average molecular weight is 466 g/mol. The number of carbonyl (C=O) groups is 3. The molecule has 9 heteroatoms. The fraction of sp³-hybridized carbons (Fsp3) is 0.0833. The normalized spacial score (nSPS) is 10.3. The number of carbonyl (C=O) groups excluding carboxylic acids is 2. The van der Waals surface area contributed by atoms with Crippen molar-refractivity contribution in [2.45, 2.75) is 13.8 Å². The van der Waals surface area contributed by atoms with Crippen LogP contribution in [-0.4, -0.2) is 23.4 Å². The number of benzene rings is 3. The summed E-state index contributed by atoms with van der Waals surface area (Å²) in [5.41, 5.74) is 1.07. The number of aryl methyl sites for hydroxylation is 1. The SMILES string of the molecule is Cc1cccc(Cl)c1C(=O)Nc1c(N(C=O)c2ccc(C(=O)O)cc2F)ccc(C#N)c1C. The number of rotatable bonds is 6. The minimum absolute atomic E-state index is 0.0848. The molecule has 0 spiro atoms. The van der Waals surface area contributed by atoms with Crippen molar-refractivity contribution in [3.8, 4) is 6.07 Å². The number of nitriles is 1. The van der Waals surface area contributed by atoms with Gasteiger partial charge in [0, 0.05) is 0 Å². The molecule has 3 aromatic rings. The first-order chi connectivity index (χ1) is 15.7. The first kappa shape index (κ1) is 23.4. The van der Waals surface area contributed by atoms with Gasteiger partial charge < -0.3 is 10.4 Å². The molecule has 0 fully saturated rings. The number of nitrogens with one attached hydrogen (secondary N) is 1. The maximum absolute atomic E-state index is 14.7. The number of hydrogen-bond donors (Lipinski definition) is 2. The summed E-state index contributed by atoms with van der Waals surface area (Å²) in [6.45, 7) is 3.28. The number of carboxylic acids is 1. The Balaban J connectivity index is 2.16. The molecule has 0 bridgehead atoms. The molecule has 3 rings (SSSR count). The Morgan fingerprint density at radius 3 is 2.42 bits per heavy atom. The summed E-state index contributed by atoms with van der Waals surface area (Å²) in [5, 5.41) is 21.4. The monoisotopic (exact) mass is 465 g/mol. The fourth-order valence-corrected chi connectivity index (χ4v) is 3.66. The van der Waals surface area contributed by atoms with Gasteiger partial charge in [0.05, 0.1) is 44.8 Å². The van der Waals surface area contributed by atoms with Crippen molar-refractivity contribution in [1.29, 1.82) is 5.26 Å². The van der Waals surface area contributed by atoms with Crippen LogP contribution in [0.3, 0.4) is 0 Å². The molecule has 0 aliphatic carbocycles. The predicted molar refractivity (Wildman–Crippen MR) is 122 cm³/mol. The minimum Gasteiger partial charge on any atom is -0.478 e. The molecule has 7 nitrogen and oxygen atoms in total. The maximum Gasteiger partial charge on any atom is 0.335 e. The van der Waals surface area contributed by atoms with Gasteiger partial charge in [-0.05, 0) is 61.4 Å². The first-order valence-corrected chi connectivity index (χ1v) is 9.95. The second-order valence-electron chi connectivity index (χ2n) is 7.08. The van der Waals surface area contributed by atoms with E-state index >= 15 is 0 Å². The molecule has 2 amide bonds. The van der Waals surface area contributed by atoms with Gasteiger partial charge in [-0.25, -0.2) is 9.18 Å². The van der Waals surface area contributed by atoms with Crippen molar-refractivity contribution in [3.05, 3.63) is 87.2 Å². The highest BCUT2D eigenvalue weighted by molar-refractivity contribution is 6.34. The smallest absolute Gasteiger partial charge is 0.335 e. The van der Waals surface area contributed by atoms with Crippen molar-refractivity contribution in [2.75, 3.05) is 10.2 Å². The Bertz CT molecular complexity index is 1310. The van der Waals surface area contributed by atoms with Crippen molar-refractivity contribution in [3.63, 3.8) is 0 Å². The summed E-state index contributed by atoms with van der Waals surface area (Å²) >= 11 is 6.20. The zero-order valence-electron chi connectivity index (χ0n) is 17.5. The second kappa shape index (κ2) is 9.51. The van der Waals surface area contributed by atoms with Gasteiger partial charge in [0.2, 0.25) is 6.41 Å². The fourth-order valence-electron chi connectivity index (χ4n) is 3.35. The Morgan fingerprint density at radius 1 is 1.15 bits per heavy atom. The van der Waals surface area contributed by atoms with Crippen molar-refractivity contribution < 1.29 is 23.9 Å². The van der Waals surface area contributed by atoms with Crippen LogP contribution in [0.2, 0.25) is 5.02 Å². The summed E-state index contributed by atoms with van der Waals surface area (Å²) in [5.74, 6) is -2.86. The zero-order chi connectivity index (χ0) is 24.3. The molecule has 166 valence electrons. The molecule has 2 N–H and O–H groups in total. The van der Waals surface area contributed by atoms with Gasteiger partial charge in [-0.15, -0.1) is 0 Å². The van der Waals surface area contributed by atoms with E-state index < -0.39 is 17.7 Å². The van der Waals surface area contributed by atoms with Crippen LogP contribution in [0.4, 0.5) is 21.5 Å². The zero-order valence-corrected chi connectivity index (χ0v) is 18.3. The number of carboxylic acid groups (broad SMARTS) is 1. The lowest BCUT2D eigenvalue weighted by atomic mass is 10.0. The summed E-state index contributed by atoms with van der Waals surface area (Å²) in [4.78, 5) is 37.1. The molecule has 3 aromatic carbocycles. The summed E-state index contributed by atoms with van der Waals surface area (Å²) in [6.07, 6.45) is 0.329. The van der Waals surface area contributed by atoms with Crippen LogP contribution in [0.15, 0.2) is 48.5 Å². The van der Waals surface area contributed by atoms with E-state index in [4.69, 9.17) is 16.7 Å². The lowest BCUT2D eigenvalue weighted by Gasteiger charge is -2.24. The number of nitrogens with zero attached hydrogens (tertiary/aromatic N) is 2. The number of aromatic carboxylic acids is 1. The number of anilines is 3. The van der Waals surface area contributed by atoms with Crippen LogP contribution < -0.4 is 10.2 Å². The van der Waals surface area contributed by atoms with Gasteiger partial charge >= 0.3 is 5.97 Å². The highest BCUT2D eigenvalue weighted by Crippen LogP contribution is 2.37. The van der Waals surface area contributed by atoms with E-state index in [1.165, 1.54) is 12.1 Å². The van der Waals surface area contributed by atoms with Crippen LogP contribution >= 0.6 is 11.6 Å². The van der Waals surface area contributed by atoms with Crippen LogP contribution in [0.1, 0.15) is 37.4 Å². The molecule has 0 saturated heterocycles. The van der Waals surface area contributed by atoms with E-state index in [-0.39, 0.29) is 38.8 Å². The third-order valence-electron chi connectivity index (χ3n) is 5.07. The van der Waals surface area contributed by atoms with Crippen LogP contribution in [0, 0.1) is 31.0 Å². The molecular formula is C24H17ClFN3O4. The average Bonchev–Trinajstić information content (AvgIpc) is 2.77.